The van der Waals surface area contributed by atoms with E-state index in [4.69, 9.17) is 4.74 Å². The summed E-state index contributed by atoms with van der Waals surface area (Å²) < 4.78 is 6.76. The number of nitrogens with zero attached hydrogens (tertiary/aromatic N) is 2. The summed E-state index contributed by atoms with van der Waals surface area (Å²) in [6.07, 6.45) is 0. The van der Waals surface area contributed by atoms with Crippen molar-refractivity contribution in [2.45, 2.75) is 19.8 Å². The number of aryl methyl sites for hydroxylation is 1. The summed E-state index contributed by atoms with van der Waals surface area (Å²) in [5, 5.41) is 16.6. The summed E-state index contributed by atoms with van der Waals surface area (Å²) in [5.41, 5.74) is 1.56. The van der Waals surface area contributed by atoms with Gasteiger partial charge in [-0.15, -0.1) is 0 Å². The van der Waals surface area contributed by atoms with Crippen LogP contribution in [-0.2, 0) is 7.05 Å². The molecule has 0 unspecified atom stereocenters. The zero-order chi connectivity index (χ0) is 15.6. The summed E-state index contributed by atoms with van der Waals surface area (Å²) in [6.45, 7) is 4.07. The van der Waals surface area contributed by atoms with Crippen molar-refractivity contribution >= 4 is 11.6 Å². The number of carbonyl (C=O) groups is 1. The molecule has 6 heteroatoms. The quantitative estimate of drug-likeness (QED) is 0.848. The number of rotatable bonds is 4. The van der Waals surface area contributed by atoms with Crippen molar-refractivity contribution in [2.24, 2.45) is 7.05 Å². The lowest BCUT2D eigenvalue weighted by Crippen LogP contribution is -2.13. The molecule has 0 saturated heterocycles. The second kappa shape index (κ2) is 5.87. The minimum Gasteiger partial charge on any atom is -0.506 e. The molecule has 1 heterocycles. The lowest BCUT2D eigenvalue weighted by atomic mass is 10.1. The first-order valence-corrected chi connectivity index (χ1v) is 6.64. The van der Waals surface area contributed by atoms with Crippen LogP contribution in [0.2, 0.25) is 0 Å². The lowest BCUT2D eigenvalue weighted by molar-refractivity contribution is 0.102. The fourth-order valence-electron chi connectivity index (χ4n) is 2.06. The standard InChI is InChI=1S/C15H19N3O3/c1-9(2)13-8-12(17-18(13)3)15(20)16-11-7-10(21-4)5-6-14(11)19/h5-9,19H,1-4H3,(H,16,20). The minimum absolute atomic E-state index is 0.0239. The largest absolute Gasteiger partial charge is 0.506 e. The van der Waals surface area contributed by atoms with Crippen LogP contribution < -0.4 is 10.1 Å². The smallest absolute Gasteiger partial charge is 0.276 e. The molecule has 2 N–H and O–H groups in total. The summed E-state index contributed by atoms with van der Waals surface area (Å²) >= 11 is 0. The molecule has 0 radical (unpaired) electrons. The summed E-state index contributed by atoms with van der Waals surface area (Å²) in [5.74, 6) is 0.423. The van der Waals surface area contributed by atoms with Crippen molar-refractivity contribution in [1.29, 1.82) is 0 Å². The Morgan fingerprint density at radius 2 is 2.10 bits per heavy atom. The number of phenols is 1. The maximum absolute atomic E-state index is 12.2. The van der Waals surface area contributed by atoms with Crippen LogP contribution in [0.4, 0.5) is 5.69 Å². The van der Waals surface area contributed by atoms with E-state index in [-0.39, 0.29) is 23.3 Å². The summed E-state index contributed by atoms with van der Waals surface area (Å²) in [6, 6.07) is 6.38. The van der Waals surface area contributed by atoms with Gasteiger partial charge < -0.3 is 15.2 Å². The Hall–Kier alpha value is -2.50. The van der Waals surface area contributed by atoms with Crippen LogP contribution >= 0.6 is 0 Å². The molecule has 2 aromatic rings. The Bertz CT molecular complexity index is 662. The van der Waals surface area contributed by atoms with E-state index in [0.717, 1.165) is 5.69 Å². The van der Waals surface area contributed by atoms with E-state index in [2.05, 4.69) is 10.4 Å². The van der Waals surface area contributed by atoms with Crippen molar-refractivity contribution in [2.75, 3.05) is 12.4 Å². The highest BCUT2D eigenvalue weighted by Gasteiger charge is 2.16. The average Bonchev–Trinajstić information content (AvgIpc) is 2.83. The molecule has 0 aliphatic carbocycles. The first-order chi connectivity index (χ1) is 9.92. The number of ether oxygens (including phenoxy) is 1. The van der Waals surface area contributed by atoms with Crippen LogP contribution in [0.5, 0.6) is 11.5 Å². The first-order valence-electron chi connectivity index (χ1n) is 6.64. The SMILES string of the molecule is COc1ccc(O)c(NC(=O)c2cc(C(C)C)n(C)n2)c1. The number of anilines is 1. The van der Waals surface area contributed by atoms with Crippen molar-refractivity contribution < 1.29 is 14.6 Å². The van der Waals surface area contributed by atoms with Crippen LogP contribution in [0.25, 0.3) is 0 Å². The van der Waals surface area contributed by atoms with Gasteiger partial charge in [-0.25, -0.2) is 0 Å². The van der Waals surface area contributed by atoms with Crippen LogP contribution in [0.1, 0.15) is 35.9 Å². The maximum atomic E-state index is 12.2. The second-order valence-electron chi connectivity index (χ2n) is 5.07. The van der Waals surface area contributed by atoms with E-state index in [1.807, 2.05) is 13.8 Å². The molecule has 0 fully saturated rings. The van der Waals surface area contributed by atoms with Gasteiger partial charge in [0.25, 0.3) is 5.91 Å². The van der Waals surface area contributed by atoms with E-state index in [1.54, 1.807) is 29.9 Å². The highest BCUT2D eigenvalue weighted by Crippen LogP contribution is 2.28. The number of nitrogens with one attached hydrogen (secondary N) is 1. The maximum Gasteiger partial charge on any atom is 0.276 e. The van der Waals surface area contributed by atoms with E-state index in [1.165, 1.54) is 13.2 Å². The topological polar surface area (TPSA) is 76.4 Å². The molecule has 1 aromatic heterocycles. The molecular formula is C15H19N3O3. The molecule has 0 saturated carbocycles. The van der Waals surface area contributed by atoms with Gasteiger partial charge in [0, 0.05) is 18.8 Å². The predicted octanol–water partition coefficient (Wildman–Crippen LogP) is 2.51. The third kappa shape index (κ3) is 3.16. The fourth-order valence-corrected chi connectivity index (χ4v) is 2.06. The number of hydrogen-bond donors (Lipinski definition) is 2. The van der Waals surface area contributed by atoms with Crippen molar-refractivity contribution in [3.63, 3.8) is 0 Å². The highest BCUT2D eigenvalue weighted by molar-refractivity contribution is 6.03. The van der Waals surface area contributed by atoms with E-state index >= 15 is 0 Å². The van der Waals surface area contributed by atoms with Crippen molar-refractivity contribution in [1.82, 2.24) is 9.78 Å². The van der Waals surface area contributed by atoms with Gasteiger partial charge in [0.05, 0.1) is 12.8 Å². The molecule has 6 nitrogen and oxygen atoms in total. The van der Waals surface area contributed by atoms with Crippen LogP contribution in [0.3, 0.4) is 0 Å². The molecule has 0 spiro atoms. The van der Waals surface area contributed by atoms with Crippen molar-refractivity contribution in [3.05, 3.63) is 35.7 Å². The molecule has 0 atom stereocenters. The number of carbonyl (C=O) groups excluding carboxylic acids is 1. The van der Waals surface area contributed by atoms with E-state index in [9.17, 15) is 9.90 Å². The van der Waals surface area contributed by atoms with Crippen molar-refractivity contribution in [3.8, 4) is 11.5 Å². The number of phenolic OH excluding ortho intramolecular Hbond substituents is 1. The third-order valence-electron chi connectivity index (χ3n) is 3.19. The molecule has 0 aliphatic rings. The normalized spacial score (nSPS) is 10.7. The zero-order valence-corrected chi connectivity index (χ0v) is 12.5. The van der Waals surface area contributed by atoms with Gasteiger partial charge in [-0.2, -0.15) is 5.10 Å². The predicted molar refractivity (Wildman–Crippen MR) is 79.9 cm³/mol. The average molecular weight is 289 g/mol. The Labute approximate surface area is 123 Å². The third-order valence-corrected chi connectivity index (χ3v) is 3.19. The number of amides is 1. The molecule has 2 rings (SSSR count). The molecular weight excluding hydrogens is 270 g/mol. The second-order valence-corrected chi connectivity index (χ2v) is 5.07. The van der Waals surface area contributed by atoms with Crippen LogP contribution in [0, 0.1) is 0 Å². The number of benzene rings is 1. The molecule has 1 amide bonds. The number of aromatic nitrogens is 2. The summed E-state index contributed by atoms with van der Waals surface area (Å²) in [7, 11) is 3.32. The molecule has 0 aliphatic heterocycles. The van der Waals surface area contributed by atoms with Crippen LogP contribution in [0.15, 0.2) is 24.3 Å². The molecule has 112 valence electrons. The van der Waals surface area contributed by atoms with E-state index in [0.29, 0.717) is 11.4 Å². The van der Waals surface area contributed by atoms with Gasteiger partial charge in [-0.05, 0) is 24.1 Å². The molecule has 21 heavy (non-hydrogen) atoms. The van der Waals surface area contributed by atoms with Gasteiger partial charge >= 0.3 is 0 Å². The Kier molecular flexibility index (Phi) is 4.16. The Morgan fingerprint density at radius 1 is 1.38 bits per heavy atom. The number of aromatic hydroxyl groups is 1. The molecule has 1 aromatic carbocycles. The molecule has 0 bridgehead atoms. The van der Waals surface area contributed by atoms with Crippen LogP contribution in [-0.4, -0.2) is 27.9 Å². The van der Waals surface area contributed by atoms with E-state index < -0.39 is 0 Å². The Balaban J connectivity index is 2.24. The van der Waals surface area contributed by atoms with Gasteiger partial charge in [0.15, 0.2) is 5.69 Å². The highest BCUT2D eigenvalue weighted by atomic mass is 16.5. The zero-order valence-electron chi connectivity index (χ0n) is 12.5. The minimum atomic E-state index is -0.374. The first kappa shape index (κ1) is 14.9. The summed E-state index contributed by atoms with van der Waals surface area (Å²) in [4.78, 5) is 12.2. The van der Waals surface area contributed by atoms with Gasteiger partial charge in [0.2, 0.25) is 0 Å². The lowest BCUT2D eigenvalue weighted by Gasteiger charge is -2.07. The monoisotopic (exact) mass is 289 g/mol. The fraction of sp³-hybridized carbons (Fsp3) is 0.333. The van der Waals surface area contributed by atoms with Gasteiger partial charge in [-0.3, -0.25) is 9.48 Å². The number of hydrogen-bond acceptors (Lipinski definition) is 4. The van der Waals surface area contributed by atoms with Gasteiger partial charge in [0.1, 0.15) is 11.5 Å². The number of methoxy groups -OCH3 is 1. The van der Waals surface area contributed by atoms with Gasteiger partial charge in [-0.1, -0.05) is 13.8 Å². The Morgan fingerprint density at radius 3 is 2.67 bits per heavy atom.